The number of nitrogens with one attached hydrogen (secondary N) is 1. The molecule has 2 aromatic rings. The van der Waals surface area contributed by atoms with Crippen LogP contribution in [0.25, 0.3) is 0 Å². The monoisotopic (exact) mass is 404 g/mol. The fourth-order valence-electron chi connectivity index (χ4n) is 4.42. The molecule has 1 aliphatic heterocycles. The fraction of sp³-hybridized carbons (Fsp3) is 0.381. The van der Waals surface area contributed by atoms with Crippen LogP contribution in [-0.4, -0.2) is 30.2 Å². The molecule has 1 saturated heterocycles. The molecule has 0 spiro atoms. The number of carbonyl (C=O) groups is 1. The lowest BCUT2D eigenvalue weighted by molar-refractivity contribution is 0.125. The number of benzene rings is 2. The van der Waals surface area contributed by atoms with Gasteiger partial charge in [0.2, 0.25) is 0 Å². The van der Waals surface area contributed by atoms with Crippen LogP contribution in [0.3, 0.4) is 0 Å². The second kappa shape index (κ2) is 8.09. The quantitative estimate of drug-likeness (QED) is 0.719. The van der Waals surface area contributed by atoms with E-state index in [0.29, 0.717) is 40.2 Å². The lowest BCUT2D eigenvalue weighted by Crippen LogP contribution is -2.33. The second-order valence-electron chi connectivity index (χ2n) is 7.30. The SMILES string of the molecule is O=C(Nc1c(Cl)cccc1Cl)OCC1C2CCC1N(Cc1ccccc1)C2. The molecule has 3 unspecified atom stereocenters. The molecule has 4 nitrogen and oxygen atoms in total. The molecule has 3 atom stereocenters. The topological polar surface area (TPSA) is 41.6 Å². The first-order valence-corrected chi connectivity index (χ1v) is 10.0. The van der Waals surface area contributed by atoms with Gasteiger partial charge in [0.05, 0.1) is 22.3 Å². The highest BCUT2D eigenvalue weighted by Crippen LogP contribution is 2.43. The summed E-state index contributed by atoms with van der Waals surface area (Å²) in [6.45, 7) is 2.46. The van der Waals surface area contributed by atoms with Gasteiger partial charge >= 0.3 is 6.09 Å². The Labute approximate surface area is 169 Å². The molecule has 142 valence electrons. The van der Waals surface area contributed by atoms with E-state index < -0.39 is 6.09 Å². The third-order valence-corrected chi connectivity index (χ3v) is 6.33. The molecule has 1 heterocycles. The molecule has 1 aliphatic carbocycles. The molecule has 4 rings (SSSR count). The van der Waals surface area contributed by atoms with Gasteiger partial charge in [0.1, 0.15) is 0 Å². The number of rotatable bonds is 5. The number of nitrogens with zero attached hydrogens (tertiary/aromatic N) is 1. The van der Waals surface area contributed by atoms with Crippen molar-refractivity contribution >= 4 is 35.0 Å². The second-order valence-corrected chi connectivity index (χ2v) is 8.12. The van der Waals surface area contributed by atoms with Crippen LogP contribution in [0.1, 0.15) is 18.4 Å². The van der Waals surface area contributed by atoms with Crippen LogP contribution >= 0.6 is 23.2 Å². The summed E-state index contributed by atoms with van der Waals surface area (Å²) in [5.41, 5.74) is 1.72. The first-order valence-electron chi connectivity index (χ1n) is 9.27. The van der Waals surface area contributed by atoms with Crippen LogP contribution in [0, 0.1) is 11.8 Å². The summed E-state index contributed by atoms with van der Waals surface area (Å²) < 4.78 is 5.53. The van der Waals surface area contributed by atoms with E-state index in [4.69, 9.17) is 27.9 Å². The van der Waals surface area contributed by atoms with Crippen molar-refractivity contribution in [1.29, 1.82) is 0 Å². The van der Waals surface area contributed by atoms with Crippen LogP contribution in [0.2, 0.25) is 10.0 Å². The maximum Gasteiger partial charge on any atom is 0.411 e. The van der Waals surface area contributed by atoms with E-state index in [-0.39, 0.29) is 0 Å². The average molecular weight is 405 g/mol. The van der Waals surface area contributed by atoms with E-state index in [1.54, 1.807) is 18.2 Å². The average Bonchev–Trinajstić information content (AvgIpc) is 3.20. The summed E-state index contributed by atoms with van der Waals surface area (Å²) in [6.07, 6.45) is 1.87. The maximum absolute atomic E-state index is 12.2. The molecule has 6 heteroatoms. The van der Waals surface area contributed by atoms with Gasteiger partial charge in [0.15, 0.2) is 0 Å². The van der Waals surface area contributed by atoms with Crippen molar-refractivity contribution in [2.24, 2.45) is 11.8 Å². The van der Waals surface area contributed by atoms with Crippen LogP contribution in [-0.2, 0) is 11.3 Å². The van der Waals surface area contributed by atoms with Gasteiger partial charge in [-0.25, -0.2) is 4.79 Å². The Morgan fingerprint density at radius 1 is 1.07 bits per heavy atom. The Hall–Kier alpha value is -1.75. The number of hydrogen-bond acceptors (Lipinski definition) is 3. The Morgan fingerprint density at radius 3 is 2.56 bits per heavy atom. The number of para-hydroxylation sites is 1. The number of hydrogen-bond donors (Lipinski definition) is 1. The fourth-order valence-corrected chi connectivity index (χ4v) is 4.91. The van der Waals surface area contributed by atoms with Crippen LogP contribution in [0.4, 0.5) is 10.5 Å². The molecule has 0 aromatic heterocycles. The standard InChI is InChI=1S/C21H22Cl2N2O2/c22-17-7-4-8-18(23)20(17)24-21(26)27-13-16-15-9-10-19(16)25(12-15)11-14-5-2-1-3-6-14/h1-8,15-16,19H,9-13H2,(H,24,26). The van der Waals surface area contributed by atoms with Crippen molar-refractivity contribution in [3.63, 3.8) is 0 Å². The summed E-state index contributed by atoms with van der Waals surface area (Å²) in [4.78, 5) is 14.7. The van der Waals surface area contributed by atoms with Crippen molar-refractivity contribution in [3.8, 4) is 0 Å². The molecular weight excluding hydrogens is 383 g/mol. The minimum Gasteiger partial charge on any atom is -0.449 e. The molecule has 2 aromatic carbocycles. The molecule has 27 heavy (non-hydrogen) atoms. The van der Waals surface area contributed by atoms with Crippen molar-refractivity contribution in [2.75, 3.05) is 18.5 Å². The molecule has 2 bridgehead atoms. The Bertz CT molecular complexity index is 795. The van der Waals surface area contributed by atoms with Crippen LogP contribution in [0.15, 0.2) is 48.5 Å². The molecule has 2 fully saturated rings. The number of halogens is 2. The smallest absolute Gasteiger partial charge is 0.411 e. The lowest BCUT2D eigenvalue weighted by atomic mass is 9.99. The first kappa shape index (κ1) is 18.6. The van der Waals surface area contributed by atoms with Gasteiger partial charge in [0, 0.05) is 25.0 Å². The lowest BCUT2D eigenvalue weighted by Gasteiger charge is -2.27. The highest BCUT2D eigenvalue weighted by Gasteiger charge is 2.46. The molecule has 1 amide bonds. The van der Waals surface area contributed by atoms with Gasteiger partial charge in [-0.05, 0) is 36.5 Å². The molecule has 1 N–H and O–H groups in total. The Kier molecular flexibility index (Phi) is 5.58. The minimum atomic E-state index is -0.508. The summed E-state index contributed by atoms with van der Waals surface area (Å²) in [5, 5.41) is 3.46. The minimum absolute atomic E-state index is 0.390. The van der Waals surface area contributed by atoms with Crippen molar-refractivity contribution in [2.45, 2.75) is 25.4 Å². The zero-order valence-corrected chi connectivity index (χ0v) is 16.4. The zero-order chi connectivity index (χ0) is 18.8. The Morgan fingerprint density at radius 2 is 1.81 bits per heavy atom. The number of amides is 1. The normalized spacial score (nSPS) is 24.1. The highest BCUT2D eigenvalue weighted by molar-refractivity contribution is 6.39. The number of likely N-dealkylation sites (tertiary alicyclic amines) is 1. The zero-order valence-electron chi connectivity index (χ0n) is 14.9. The van der Waals surface area contributed by atoms with E-state index >= 15 is 0 Å². The van der Waals surface area contributed by atoms with Gasteiger partial charge in [-0.1, -0.05) is 59.6 Å². The van der Waals surface area contributed by atoms with E-state index in [2.05, 4.69) is 34.5 Å². The Balaban J connectivity index is 1.33. The van der Waals surface area contributed by atoms with E-state index in [1.165, 1.54) is 18.4 Å². The number of anilines is 1. The van der Waals surface area contributed by atoms with Crippen LogP contribution in [0.5, 0.6) is 0 Å². The molecule has 0 radical (unpaired) electrons. The van der Waals surface area contributed by atoms with Crippen molar-refractivity contribution < 1.29 is 9.53 Å². The maximum atomic E-state index is 12.2. The third kappa shape index (κ3) is 4.08. The summed E-state index contributed by atoms with van der Waals surface area (Å²) in [6, 6.07) is 16.1. The summed E-state index contributed by atoms with van der Waals surface area (Å²) in [7, 11) is 0. The highest BCUT2D eigenvalue weighted by atomic mass is 35.5. The van der Waals surface area contributed by atoms with Crippen molar-refractivity contribution in [1.82, 2.24) is 4.90 Å². The number of ether oxygens (including phenoxy) is 1. The number of fused-ring (bicyclic) bond motifs is 2. The van der Waals surface area contributed by atoms with E-state index in [9.17, 15) is 4.79 Å². The number of piperidine rings is 1. The van der Waals surface area contributed by atoms with Gasteiger partial charge in [0.25, 0.3) is 0 Å². The largest absolute Gasteiger partial charge is 0.449 e. The van der Waals surface area contributed by atoms with Gasteiger partial charge < -0.3 is 4.74 Å². The molecule has 2 aliphatic rings. The van der Waals surface area contributed by atoms with Gasteiger partial charge in [-0.3, -0.25) is 10.2 Å². The van der Waals surface area contributed by atoms with E-state index in [1.807, 2.05) is 6.07 Å². The van der Waals surface area contributed by atoms with E-state index in [0.717, 1.165) is 13.1 Å². The molecule has 1 saturated carbocycles. The predicted octanol–water partition coefficient (Wildman–Crippen LogP) is 5.45. The van der Waals surface area contributed by atoms with Crippen LogP contribution < -0.4 is 5.32 Å². The van der Waals surface area contributed by atoms with Gasteiger partial charge in [-0.15, -0.1) is 0 Å². The first-order chi connectivity index (χ1) is 13.1. The van der Waals surface area contributed by atoms with Crippen molar-refractivity contribution in [3.05, 3.63) is 64.1 Å². The number of carbonyl (C=O) groups excluding carboxylic acids is 1. The summed E-state index contributed by atoms with van der Waals surface area (Å²) in [5.74, 6) is 0.983. The predicted molar refractivity (Wildman–Crippen MR) is 108 cm³/mol. The summed E-state index contributed by atoms with van der Waals surface area (Å²) >= 11 is 12.2. The molecular formula is C21H22Cl2N2O2. The third-order valence-electron chi connectivity index (χ3n) is 5.70. The van der Waals surface area contributed by atoms with Gasteiger partial charge in [-0.2, -0.15) is 0 Å².